The van der Waals surface area contributed by atoms with E-state index in [1.807, 2.05) is 6.07 Å². The number of rotatable bonds is 1. The summed E-state index contributed by atoms with van der Waals surface area (Å²) < 4.78 is 13.1. The van der Waals surface area contributed by atoms with Gasteiger partial charge in [-0.15, -0.1) is 0 Å². The molecule has 14 heavy (non-hydrogen) atoms. The molecule has 0 saturated carbocycles. The van der Waals surface area contributed by atoms with Crippen LogP contribution in [0.4, 0.5) is 4.39 Å². The molecule has 0 radical (unpaired) electrons. The minimum absolute atomic E-state index is 0.131. The van der Waals surface area contributed by atoms with Crippen LogP contribution in [0.3, 0.4) is 0 Å². The standard InChI is InChI=1S/C12H16FN/c1-8-2-3-9(7-14)11-5-4-10(13)6-12(8)11/h4-6,8-9H,2-3,7,14H2,1H3. The number of fused-ring (bicyclic) bond motifs is 1. The van der Waals surface area contributed by atoms with Crippen LogP contribution >= 0.6 is 0 Å². The van der Waals surface area contributed by atoms with Crippen molar-refractivity contribution in [2.24, 2.45) is 5.73 Å². The number of hydrogen-bond donors (Lipinski definition) is 1. The van der Waals surface area contributed by atoms with Gasteiger partial charge in [-0.25, -0.2) is 4.39 Å². The Hall–Kier alpha value is -0.890. The van der Waals surface area contributed by atoms with Crippen LogP contribution in [0.5, 0.6) is 0 Å². The summed E-state index contributed by atoms with van der Waals surface area (Å²) in [6.45, 7) is 2.83. The van der Waals surface area contributed by atoms with E-state index in [0.29, 0.717) is 18.4 Å². The number of hydrogen-bond acceptors (Lipinski definition) is 1. The highest BCUT2D eigenvalue weighted by molar-refractivity contribution is 5.36. The SMILES string of the molecule is CC1CCC(CN)c2ccc(F)cc21. The largest absolute Gasteiger partial charge is 0.330 e. The van der Waals surface area contributed by atoms with Crippen LogP contribution in [0.15, 0.2) is 18.2 Å². The van der Waals surface area contributed by atoms with E-state index in [0.717, 1.165) is 18.4 Å². The minimum atomic E-state index is -0.131. The van der Waals surface area contributed by atoms with Crippen molar-refractivity contribution in [3.8, 4) is 0 Å². The van der Waals surface area contributed by atoms with Gasteiger partial charge < -0.3 is 5.73 Å². The van der Waals surface area contributed by atoms with Crippen molar-refractivity contribution in [1.29, 1.82) is 0 Å². The monoisotopic (exact) mass is 193 g/mol. The van der Waals surface area contributed by atoms with E-state index in [1.54, 1.807) is 12.1 Å². The molecular formula is C12H16FN. The van der Waals surface area contributed by atoms with Gasteiger partial charge in [-0.2, -0.15) is 0 Å². The molecule has 2 unspecified atom stereocenters. The molecule has 2 heteroatoms. The second kappa shape index (κ2) is 3.70. The van der Waals surface area contributed by atoms with Gasteiger partial charge >= 0.3 is 0 Å². The van der Waals surface area contributed by atoms with Crippen LogP contribution in [0, 0.1) is 5.82 Å². The van der Waals surface area contributed by atoms with Crippen molar-refractivity contribution < 1.29 is 4.39 Å². The van der Waals surface area contributed by atoms with Crippen molar-refractivity contribution in [1.82, 2.24) is 0 Å². The molecule has 2 rings (SSSR count). The predicted octanol–water partition coefficient (Wildman–Crippen LogP) is 2.77. The Bertz CT molecular complexity index is 335. The maximum absolute atomic E-state index is 13.1. The third-order valence-corrected chi connectivity index (χ3v) is 3.25. The molecule has 1 aliphatic rings. The van der Waals surface area contributed by atoms with Crippen LogP contribution in [-0.4, -0.2) is 6.54 Å². The maximum atomic E-state index is 13.1. The molecular weight excluding hydrogens is 177 g/mol. The molecule has 0 saturated heterocycles. The molecule has 2 atom stereocenters. The quantitative estimate of drug-likeness (QED) is 0.729. The Kier molecular flexibility index (Phi) is 2.55. The number of nitrogens with two attached hydrogens (primary N) is 1. The summed E-state index contributed by atoms with van der Waals surface area (Å²) in [5.74, 6) is 0.776. The first-order valence-electron chi connectivity index (χ1n) is 5.21. The summed E-state index contributed by atoms with van der Waals surface area (Å²) in [5.41, 5.74) is 8.12. The van der Waals surface area contributed by atoms with E-state index in [1.165, 1.54) is 5.56 Å². The molecule has 0 aliphatic heterocycles. The van der Waals surface area contributed by atoms with Gasteiger partial charge in [-0.3, -0.25) is 0 Å². The highest BCUT2D eigenvalue weighted by Crippen LogP contribution is 2.38. The molecule has 76 valence electrons. The average Bonchev–Trinajstić information content (AvgIpc) is 2.19. The van der Waals surface area contributed by atoms with Crippen LogP contribution < -0.4 is 5.73 Å². The predicted molar refractivity (Wildman–Crippen MR) is 55.8 cm³/mol. The van der Waals surface area contributed by atoms with E-state index in [-0.39, 0.29) is 5.82 Å². The lowest BCUT2D eigenvalue weighted by Gasteiger charge is -2.28. The third-order valence-electron chi connectivity index (χ3n) is 3.25. The minimum Gasteiger partial charge on any atom is -0.330 e. The van der Waals surface area contributed by atoms with Crippen molar-refractivity contribution in [3.63, 3.8) is 0 Å². The van der Waals surface area contributed by atoms with E-state index in [2.05, 4.69) is 6.92 Å². The fourth-order valence-electron chi connectivity index (χ4n) is 2.35. The van der Waals surface area contributed by atoms with E-state index >= 15 is 0 Å². The molecule has 1 aromatic rings. The Labute approximate surface area is 84.1 Å². The van der Waals surface area contributed by atoms with Gasteiger partial charge in [-0.1, -0.05) is 13.0 Å². The highest BCUT2D eigenvalue weighted by Gasteiger charge is 2.23. The van der Waals surface area contributed by atoms with E-state index in [9.17, 15) is 4.39 Å². The van der Waals surface area contributed by atoms with Gasteiger partial charge in [0.05, 0.1) is 0 Å². The summed E-state index contributed by atoms with van der Waals surface area (Å²) in [5, 5.41) is 0. The molecule has 0 aromatic heterocycles. The number of halogens is 1. The van der Waals surface area contributed by atoms with Gasteiger partial charge in [0.2, 0.25) is 0 Å². The van der Waals surface area contributed by atoms with Crippen molar-refractivity contribution in [2.75, 3.05) is 6.54 Å². The molecule has 0 fully saturated rings. The van der Waals surface area contributed by atoms with E-state index < -0.39 is 0 Å². The fourth-order valence-corrected chi connectivity index (χ4v) is 2.35. The molecule has 0 amide bonds. The first kappa shape index (κ1) is 9.66. The Morgan fingerprint density at radius 1 is 1.36 bits per heavy atom. The zero-order chi connectivity index (χ0) is 10.1. The zero-order valence-electron chi connectivity index (χ0n) is 8.46. The second-order valence-corrected chi connectivity index (χ2v) is 4.18. The van der Waals surface area contributed by atoms with Crippen molar-refractivity contribution in [3.05, 3.63) is 35.1 Å². The Morgan fingerprint density at radius 3 is 2.86 bits per heavy atom. The lowest BCUT2D eigenvalue weighted by molar-refractivity contribution is 0.502. The second-order valence-electron chi connectivity index (χ2n) is 4.18. The summed E-state index contributed by atoms with van der Waals surface area (Å²) in [6.07, 6.45) is 2.26. The number of benzene rings is 1. The molecule has 1 aromatic carbocycles. The van der Waals surface area contributed by atoms with Crippen molar-refractivity contribution in [2.45, 2.75) is 31.6 Å². The van der Waals surface area contributed by atoms with Gasteiger partial charge in [0.1, 0.15) is 5.82 Å². The zero-order valence-corrected chi connectivity index (χ0v) is 8.46. The van der Waals surface area contributed by atoms with Crippen LogP contribution in [0.25, 0.3) is 0 Å². The Morgan fingerprint density at radius 2 is 2.14 bits per heavy atom. The summed E-state index contributed by atoms with van der Waals surface area (Å²) >= 11 is 0. The first-order chi connectivity index (χ1) is 6.72. The van der Waals surface area contributed by atoms with Crippen LogP contribution in [-0.2, 0) is 0 Å². The summed E-state index contributed by atoms with van der Waals surface area (Å²) in [6, 6.07) is 5.11. The molecule has 0 heterocycles. The molecule has 1 aliphatic carbocycles. The van der Waals surface area contributed by atoms with Crippen LogP contribution in [0.2, 0.25) is 0 Å². The van der Waals surface area contributed by atoms with Gasteiger partial charge in [0.15, 0.2) is 0 Å². The van der Waals surface area contributed by atoms with Gasteiger partial charge in [-0.05, 0) is 54.5 Å². The average molecular weight is 193 g/mol. The summed E-state index contributed by atoms with van der Waals surface area (Å²) in [7, 11) is 0. The lowest BCUT2D eigenvalue weighted by atomic mass is 9.77. The van der Waals surface area contributed by atoms with Gasteiger partial charge in [0, 0.05) is 0 Å². The van der Waals surface area contributed by atoms with Crippen LogP contribution in [0.1, 0.15) is 42.7 Å². The normalized spacial score (nSPS) is 25.9. The smallest absolute Gasteiger partial charge is 0.123 e. The van der Waals surface area contributed by atoms with E-state index in [4.69, 9.17) is 5.73 Å². The topological polar surface area (TPSA) is 26.0 Å². The maximum Gasteiger partial charge on any atom is 0.123 e. The Balaban J connectivity index is 2.45. The first-order valence-corrected chi connectivity index (χ1v) is 5.21. The lowest BCUT2D eigenvalue weighted by Crippen LogP contribution is -2.20. The highest BCUT2D eigenvalue weighted by atomic mass is 19.1. The molecule has 0 bridgehead atoms. The molecule has 1 nitrogen and oxygen atoms in total. The third kappa shape index (κ3) is 1.55. The fraction of sp³-hybridized carbons (Fsp3) is 0.500. The summed E-state index contributed by atoms with van der Waals surface area (Å²) in [4.78, 5) is 0. The molecule has 2 N–H and O–H groups in total. The van der Waals surface area contributed by atoms with Crippen molar-refractivity contribution >= 4 is 0 Å². The van der Waals surface area contributed by atoms with Gasteiger partial charge in [0.25, 0.3) is 0 Å². The molecule has 0 spiro atoms.